The molecule has 0 bridgehead atoms. The standard InChI is InChI=1S/C25H23N3O3/c29-25(27-30)24-3-1-2-23(26-24)22-12-10-20(11-13-22)5-4-19-6-8-21(9-7-19)18-28-14-16-31-17-15-28/h1-3,6-13,30H,14-18H2,(H,27,29). The number of aromatic nitrogens is 1. The van der Waals surface area contributed by atoms with E-state index in [4.69, 9.17) is 9.94 Å². The maximum Gasteiger partial charge on any atom is 0.293 e. The molecule has 0 aliphatic carbocycles. The lowest BCUT2D eigenvalue weighted by Crippen LogP contribution is -2.35. The highest BCUT2D eigenvalue weighted by molar-refractivity contribution is 5.91. The van der Waals surface area contributed by atoms with Gasteiger partial charge in [0.15, 0.2) is 0 Å². The van der Waals surface area contributed by atoms with Gasteiger partial charge in [0.05, 0.1) is 18.9 Å². The fourth-order valence-corrected chi connectivity index (χ4v) is 3.36. The van der Waals surface area contributed by atoms with Crippen molar-refractivity contribution in [3.8, 4) is 23.1 Å². The number of ether oxygens (including phenoxy) is 1. The Morgan fingerprint density at radius 3 is 2.26 bits per heavy atom. The second kappa shape index (κ2) is 10.0. The van der Waals surface area contributed by atoms with E-state index in [1.807, 2.05) is 30.3 Å². The average molecular weight is 413 g/mol. The Balaban J connectivity index is 1.41. The van der Waals surface area contributed by atoms with Crippen LogP contribution in [0.4, 0.5) is 0 Å². The van der Waals surface area contributed by atoms with E-state index >= 15 is 0 Å². The number of carbonyl (C=O) groups is 1. The maximum atomic E-state index is 11.5. The molecular weight excluding hydrogens is 390 g/mol. The van der Waals surface area contributed by atoms with E-state index in [1.165, 1.54) is 5.56 Å². The highest BCUT2D eigenvalue weighted by Crippen LogP contribution is 2.18. The number of amides is 1. The molecule has 31 heavy (non-hydrogen) atoms. The molecule has 0 radical (unpaired) electrons. The van der Waals surface area contributed by atoms with E-state index in [9.17, 15) is 4.79 Å². The molecule has 0 spiro atoms. The van der Waals surface area contributed by atoms with Crippen LogP contribution >= 0.6 is 0 Å². The van der Waals surface area contributed by atoms with Crippen molar-refractivity contribution in [2.24, 2.45) is 0 Å². The molecule has 1 aliphatic heterocycles. The number of hydrogen-bond acceptors (Lipinski definition) is 5. The molecule has 1 amide bonds. The molecule has 1 saturated heterocycles. The number of nitrogens with zero attached hydrogens (tertiary/aromatic N) is 2. The van der Waals surface area contributed by atoms with Gasteiger partial charge in [-0.3, -0.25) is 14.9 Å². The summed E-state index contributed by atoms with van der Waals surface area (Å²) in [5, 5.41) is 8.77. The van der Waals surface area contributed by atoms with E-state index in [1.54, 1.807) is 17.6 Å². The van der Waals surface area contributed by atoms with E-state index in [-0.39, 0.29) is 5.69 Å². The minimum Gasteiger partial charge on any atom is -0.379 e. The van der Waals surface area contributed by atoms with Crippen LogP contribution in [0.1, 0.15) is 27.2 Å². The molecular formula is C25H23N3O3. The van der Waals surface area contributed by atoms with Crippen LogP contribution in [0.25, 0.3) is 11.3 Å². The summed E-state index contributed by atoms with van der Waals surface area (Å²) < 4.78 is 5.39. The number of rotatable bonds is 4. The molecule has 1 fully saturated rings. The molecule has 0 saturated carbocycles. The first-order valence-corrected chi connectivity index (χ1v) is 10.1. The van der Waals surface area contributed by atoms with Gasteiger partial charge in [-0.25, -0.2) is 10.5 Å². The van der Waals surface area contributed by atoms with E-state index in [0.717, 1.165) is 49.5 Å². The smallest absolute Gasteiger partial charge is 0.293 e. The Kier molecular flexibility index (Phi) is 6.70. The molecule has 0 atom stereocenters. The minimum absolute atomic E-state index is 0.154. The lowest BCUT2D eigenvalue weighted by Gasteiger charge is -2.26. The second-order valence-electron chi connectivity index (χ2n) is 7.26. The molecule has 0 unspecified atom stereocenters. The third kappa shape index (κ3) is 5.56. The predicted molar refractivity (Wildman–Crippen MR) is 117 cm³/mol. The lowest BCUT2D eigenvalue weighted by atomic mass is 10.1. The largest absolute Gasteiger partial charge is 0.379 e. The molecule has 1 aromatic heterocycles. The van der Waals surface area contributed by atoms with Crippen molar-refractivity contribution in [1.82, 2.24) is 15.4 Å². The van der Waals surface area contributed by atoms with Gasteiger partial charge >= 0.3 is 0 Å². The first-order chi connectivity index (χ1) is 15.2. The van der Waals surface area contributed by atoms with Crippen molar-refractivity contribution in [2.75, 3.05) is 26.3 Å². The predicted octanol–water partition coefficient (Wildman–Crippen LogP) is 3.10. The second-order valence-corrected chi connectivity index (χ2v) is 7.26. The fraction of sp³-hybridized carbons (Fsp3) is 0.200. The third-order valence-corrected chi connectivity index (χ3v) is 5.08. The zero-order chi connectivity index (χ0) is 21.5. The molecule has 2 aromatic carbocycles. The Morgan fingerprint density at radius 1 is 0.968 bits per heavy atom. The summed E-state index contributed by atoms with van der Waals surface area (Å²) in [5.74, 6) is 5.75. The number of nitrogens with one attached hydrogen (secondary N) is 1. The number of hydroxylamine groups is 1. The maximum absolute atomic E-state index is 11.5. The van der Waals surface area contributed by atoms with Crippen LogP contribution in [0.2, 0.25) is 0 Å². The normalized spacial score (nSPS) is 13.8. The van der Waals surface area contributed by atoms with Crippen molar-refractivity contribution in [3.63, 3.8) is 0 Å². The van der Waals surface area contributed by atoms with Crippen molar-refractivity contribution in [1.29, 1.82) is 0 Å². The van der Waals surface area contributed by atoms with Gasteiger partial charge in [0.25, 0.3) is 5.91 Å². The van der Waals surface area contributed by atoms with E-state index < -0.39 is 5.91 Å². The topological polar surface area (TPSA) is 74.7 Å². The van der Waals surface area contributed by atoms with Crippen LogP contribution in [0.15, 0.2) is 66.7 Å². The van der Waals surface area contributed by atoms with E-state index in [2.05, 4.69) is 46.0 Å². The fourth-order valence-electron chi connectivity index (χ4n) is 3.36. The Bertz CT molecular complexity index is 1090. The van der Waals surface area contributed by atoms with Gasteiger partial charge in [-0.15, -0.1) is 0 Å². The summed E-state index contributed by atoms with van der Waals surface area (Å²) in [7, 11) is 0. The SMILES string of the molecule is O=C(NO)c1cccc(-c2ccc(C#Cc3ccc(CN4CCOCC4)cc3)cc2)n1. The van der Waals surface area contributed by atoms with Crippen LogP contribution in [-0.4, -0.2) is 47.3 Å². The zero-order valence-corrected chi connectivity index (χ0v) is 17.0. The van der Waals surface area contributed by atoms with Gasteiger partial charge in [0, 0.05) is 36.3 Å². The summed E-state index contributed by atoms with van der Waals surface area (Å²) in [6.07, 6.45) is 0. The molecule has 3 aromatic rings. The summed E-state index contributed by atoms with van der Waals surface area (Å²) in [5.41, 5.74) is 6.41. The first-order valence-electron chi connectivity index (χ1n) is 10.1. The lowest BCUT2D eigenvalue weighted by molar-refractivity contribution is 0.0342. The molecule has 4 rings (SSSR count). The Labute approximate surface area is 181 Å². The molecule has 156 valence electrons. The Hall–Kier alpha value is -3.50. The van der Waals surface area contributed by atoms with Gasteiger partial charge in [-0.1, -0.05) is 42.2 Å². The molecule has 2 N–H and O–H groups in total. The van der Waals surface area contributed by atoms with Crippen LogP contribution in [0.3, 0.4) is 0 Å². The number of carbonyl (C=O) groups excluding carboxylic acids is 1. The van der Waals surface area contributed by atoms with E-state index in [0.29, 0.717) is 5.69 Å². The average Bonchev–Trinajstić information content (AvgIpc) is 2.84. The van der Waals surface area contributed by atoms with Gasteiger partial charge in [0.2, 0.25) is 0 Å². The highest BCUT2D eigenvalue weighted by atomic mass is 16.5. The van der Waals surface area contributed by atoms with Gasteiger partial charge in [-0.2, -0.15) is 0 Å². The van der Waals surface area contributed by atoms with Crippen LogP contribution in [0.5, 0.6) is 0 Å². The molecule has 6 heteroatoms. The summed E-state index contributed by atoms with van der Waals surface area (Å²) in [6.45, 7) is 4.51. The third-order valence-electron chi connectivity index (χ3n) is 5.08. The number of morpholine rings is 1. The zero-order valence-electron chi connectivity index (χ0n) is 17.0. The highest BCUT2D eigenvalue weighted by Gasteiger charge is 2.10. The number of hydrogen-bond donors (Lipinski definition) is 2. The van der Waals surface area contributed by atoms with Crippen LogP contribution in [0, 0.1) is 11.8 Å². The number of benzene rings is 2. The summed E-state index contributed by atoms with van der Waals surface area (Å²) in [4.78, 5) is 18.2. The van der Waals surface area contributed by atoms with Crippen molar-refractivity contribution in [3.05, 3.63) is 89.1 Å². The van der Waals surface area contributed by atoms with Crippen LogP contribution < -0.4 is 5.48 Å². The van der Waals surface area contributed by atoms with Gasteiger partial charge < -0.3 is 4.74 Å². The molecule has 1 aliphatic rings. The molecule has 6 nitrogen and oxygen atoms in total. The first kappa shape index (κ1) is 20.8. The van der Waals surface area contributed by atoms with Crippen LogP contribution in [-0.2, 0) is 11.3 Å². The van der Waals surface area contributed by atoms with Crippen molar-refractivity contribution in [2.45, 2.75) is 6.54 Å². The summed E-state index contributed by atoms with van der Waals surface area (Å²) >= 11 is 0. The summed E-state index contributed by atoms with van der Waals surface area (Å²) in [6, 6.07) is 21.1. The van der Waals surface area contributed by atoms with Crippen molar-refractivity contribution >= 4 is 5.91 Å². The molecule has 2 heterocycles. The Morgan fingerprint density at radius 2 is 1.61 bits per heavy atom. The monoisotopic (exact) mass is 413 g/mol. The number of pyridine rings is 1. The van der Waals surface area contributed by atoms with Gasteiger partial charge in [0.1, 0.15) is 5.69 Å². The van der Waals surface area contributed by atoms with Gasteiger partial charge in [-0.05, 0) is 42.0 Å². The minimum atomic E-state index is -0.639. The van der Waals surface area contributed by atoms with Crippen molar-refractivity contribution < 1.29 is 14.7 Å². The quantitative estimate of drug-likeness (QED) is 0.391.